The maximum Gasteiger partial charge on any atom is 0.118 e. The standard InChI is InChI=1S/C30H30O2/c1-23-18-19-25(20-24(23)2)21-29(31,26-12-6-3-7-13-26)22-30(32,27-14-8-4-9-15-27)28-16-10-5-11-17-28/h3-20,31-32H,21-22H2,1-2H3/t29-/m0/s1. The van der Waals surface area contributed by atoms with E-state index in [9.17, 15) is 10.2 Å². The molecule has 0 bridgehead atoms. The zero-order chi connectivity index (χ0) is 22.6. The zero-order valence-corrected chi connectivity index (χ0v) is 18.7. The van der Waals surface area contributed by atoms with Gasteiger partial charge in [0.15, 0.2) is 0 Å². The molecule has 0 saturated heterocycles. The molecule has 4 aromatic rings. The van der Waals surface area contributed by atoms with Crippen molar-refractivity contribution >= 4 is 0 Å². The minimum Gasteiger partial charge on any atom is -0.385 e. The first kappa shape index (κ1) is 22.0. The molecule has 2 heteroatoms. The summed E-state index contributed by atoms with van der Waals surface area (Å²) >= 11 is 0. The molecule has 0 heterocycles. The topological polar surface area (TPSA) is 40.5 Å². The molecule has 0 amide bonds. The maximum atomic E-state index is 12.2. The predicted octanol–water partition coefficient (Wildman–Crippen LogP) is 6.06. The summed E-state index contributed by atoms with van der Waals surface area (Å²) in [6, 6.07) is 35.3. The number of aryl methyl sites for hydroxylation is 2. The lowest BCUT2D eigenvalue weighted by atomic mass is 9.73. The van der Waals surface area contributed by atoms with Gasteiger partial charge in [0.05, 0.1) is 5.60 Å². The van der Waals surface area contributed by atoms with Gasteiger partial charge in [0.1, 0.15) is 5.60 Å². The lowest BCUT2D eigenvalue weighted by molar-refractivity contribution is -0.0520. The Morgan fingerprint density at radius 3 is 1.50 bits per heavy atom. The normalized spacial score (nSPS) is 13.5. The number of benzene rings is 4. The van der Waals surface area contributed by atoms with Crippen molar-refractivity contribution in [1.82, 2.24) is 0 Å². The van der Waals surface area contributed by atoms with Gasteiger partial charge in [-0.1, -0.05) is 109 Å². The van der Waals surface area contributed by atoms with E-state index in [0.29, 0.717) is 6.42 Å². The summed E-state index contributed by atoms with van der Waals surface area (Å²) in [6.07, 6.45) is 0.533. The molecule has 0 aliphatic carbocycles. The summed E-state index contributed by atoms with van der Waals surface area (Å²) in [7, 11) is 0. The zero-order valence-electron chi connectivity index (χ0n) is 18.7. The third-order valence-electron chi connectivity index (χ3n) is 6.43. The van der Waals surface area contributed by atoms with Crippen LogP contribution in [0.1, 0.15) is 39.8 Å². The monoisotopic (exact) mass is 422 g/mol. The fraction of sp³-hybridized carbons (Fsp3) is 0.200. The SMILES string of the molecule is Cc1ccc(C[C@](O)(CC(O)(c2ccccc2)c2ccccc2)c2ccccc2)cc1C. The second-order valence-electron chi connectivity index (χ2n) is 8.76. The molecule has 0 aliphatic heterocycles. The van der Waals surface area contributed by atoms with Crippen molar-refractivity contribution < 1.29 is 10.2 Å². The smallest absolute Gasteiger partial charge is 0.118 e. The Morgan fingerprint density at radius 1 is 0.562 bits per heavy atom. The molecule has 0 aromatic heterocycles. The number of rotatable bonds is 7. The lowest BCUT2D eigenvalue weighted by Gasteiger charge is -2.39. The van der Waals surface area contributed by atoms with Gasteiger partial charge in [-0.3, -0.25) is 0 Å². The Kier molecular flexibility index (Phi) is 6.27. The second kappa shape index (κ2) is 9.12. The lowest BCUT2D eigenvalue weighted by Crippen LogP contribution is -2.40. The van der Waals surface area contributed by atoms with Gasteiger partial charge in [-0.2, -0.15) is 0 Å². The van der Waals surface area contributed by atoms with Gasteiger partial charge in [-0.15, -0.1) is 0 Å². The van der Waals surface area contributed by atoms with E-state index in [1.165, 1.54) is 11.1 Å². The van der Waals surface area contributed by atoms with Gasteiger partial charge in [0.2, 0.25) is 0 Å². The van der Waals surface area contributed by atoms with Crippen LogP contribution in [0.5, 0.6) is 0 Å². The molecule has 4 aromatic carbocycles. The molecule has 0 radical (unpaired) electrons. The molecule has 0 saturated carbocycles. The fourth-order valence-electron chi connectivity index (χ4n) is 4.49. The first-order valence-corrected chi connectivity index (χ1v) is 11.1. The molecule has 1 atom stereocenters. The van der Waals surface area contributed by atoms with E-state index in [1.807, 2.05) is 91.0 Å². The third kappa shape index (κ3) is 4.52. The highest BCUT2D eigenvalue weighted by molar-refractivity contribution is 5.39. The van der Waals surface area contributed by atoms with Gasteiger partial charge in [-0.25, -0.2) is 0 Å². The van der Waals surface area contributed by atoms with E-state index in [-0.39, 0.29) is 6.42 Å². The quantitative estimate of drug-likeness (QED) is 0.380. The fourth-order valence-corrected chi connectivity index (χ4v) is 4.49. The molecule has 2 nitrogen and oxygen atoms in total. The van der Waals surface area contributed by atoms with Crippen LogP contribution in [0.15, 0.2) is 109 Å². The molecule has 0 unspecified atom stereocenters. The van der Waals surface area contributed by atoms with Crippen LogP contribution in [0.2, 0.25) is 0 Å². The van der Waals surface area contributed by atoms with Gasteiger partial charge >= 0.3 is 0 Å². The van der Waals surface area contributed by atoms with Crippen LogP contribution in [0.4, 0.5) is 0 Å². The van der Waals surface area contributed by atoms with E-state index in [2.05, 4.69) is 32.0 Å². The van der Waals surface area contributed by atoms with E-state index in [0.717, 1.165) is 22.3 Å². The molecule has 0 aliphatic rings. The first-order chi connectivity index (χ1) is 15.4. The highest BCUT2D eigenvalue weighted by Gasteiger charge is 2.42. The van der Waals surface area contributed by atoms with Crippen molar-refractivity contribution in [3.05, 3.63) is 143 Å². The summed E-state index contributed by atoms with van der Waals surface area (Å²) in [6.45, 7) is 4.18. The van der Waals surface area contributed by atoms with Crippen LogP contribution in [0.25, 0.3) is 0 Å². The Balaban J connectivity index is 1.83. The second-order valence-corrected chi connectivity index (χ2v) is 8.76. The molecule has 2 N–H and O–H groups in total. The number of hydrogen-bond acceptors (Lipinski definition) is 2. The number of hydrogen-bond donors (Lipinski definition) is 2. The third-order valence-corrected chi connectivity index (χ3v) is 6.43. The molecule has 4 rings (SSSR count). The minimum absolute atomic E-state index is 0.130. The van der Waals surface area contributed by atoms with E-state index < -0.39 is 11.2 Å². The van der Waals surface area contributed by atoms with Crippen LogP contribution in [-0.4, -0.2) is 10.2 Å². The number of aliphatic hydroxyl groups is 2. The predicted molar refractivity (Wildman–Crippen MR) is 130 cm³/mol. The molecule has 162 valence electrons. The molecular formula is C30H30O2. The van der Waals surface area contributed by atoms with Crippen molar-refractivity contribution in [2.75, 3.05) is 0 Å². The summed E-state index contributed by atoms with van der Waals surface area (Å²) in [5.41, 5.74) is 3.16. The Morgan fingerprint density at radius 2 is 1.03 bits per heavy atom. The molecule has 0 fully saturated rings. The van der Waals surface area contributed by atoms with Crippen LogP contribution < -0.4 is 0 Å². The van der Waals surface area contributed by atoms with Gasteiger partial charge in [-0.05, 0) is 47.2 Å². The average molecular weight is 423 g/mol. The molecule has 32 heavy (non-hydrogen) atoms. The van der Waals surface area contributed by atoms with Crippen molar-refractivity contribution in [3.63, 3.8) is 0 Å². The van der Waals surface area contributed by atoms with Gasteiger partial charge in [0.25, 0.3) is 0 Å². The van der Waals surface area contributed by atoms with Crippen LogP contribution in [-0.2, 0) is 17.6 Å². The van der Waals surface area contributed by atoms with Crippen molar-refractivity contribution in [2.45, 2.75) is 37.9 Å². The summed E-state index contributed by atoms with van der Waals surface area (Å²) in [5, 5.41) is 24.4. The van der Waals surface area contributed by atoms with Crippen molar-refractivity contribution in [2.24, 2.45) is 0 Å². The van der Waals surface area contributed by atoms with Gasteiger partial charge < -0.3 is 10.2 Å². The summed E-state index contributed by atoms with van der Waals surface area (Å²) < 4.78 is 0. The van der Waals surface area contributed by atoms with Crippen molar-refractivity contribution in [1.29, 1.82) is 0 Å². The summed E-state index contributed by atoms with van der Waals surface area (Å²) in [5.74, 6) is 0. The largest absolute Gasteiger partial charge is 0.385 e. The van der Waals surface area contributed by atoms with E-state index >= 15 is 0 Å². The minimum atomic E-state index is -1.35. The average Bonchev–Trinajstić information content (AvgIpc) is 2.83. The Bertz CT molecular complexity index is 1110. The van der Waals surface area contributed by atoms with Gasteiger partial charge in [0, 0.05) is 12.8 Å². The first-order valence-electron chi connectivity index (χ1n) is 11.1. The summed E-state index contributed by atoms with van der Waals surface area (Å²) in [4.78, 5) is 0. The highest BCUT2D eigenvalue weighted by Crippen LogP contribution is 2.42. The Hall–Kier alpha value is -3.20. The van der Waals surface area contributed by atoms with Crippen LogP contribution >= 0.6 is 0 Å². The van der Waals surface area contributed by atoms with E-state index in [1.54, 1.807) is 0 Å². The van der Waals surface area contributed by atoms with Crippen LogP contribution in [0, 0.1) is 13.8 Å². The Labute approximate surface area is 190 Å². The van der Waals surface area contributed by atoms with E-state index in [4.69, 9.17) is 0 Å². The highest BCUT2D eigenvalue weighted by atomic mass is 16.3. The maximum absolute atomic E-state index is 12.2. The van der Waals surface area contributed by atoms with Crippen molar-refractivity contribution in [3.8, 4) is 0 Å². The molecule has 0 spiro atoms. The molecular weight excluding hydrogens is 392 g/mol. The van der Waals surface area contributed by atoms with Crippen LogP contribution in [0.3, 0.4) is 0 Å².